The first-order valence-electron chi connectivity index (χ1n) is 6.32. The van der Waals surface area contributed by atoms with Gasteiger partial charge in [-0.2, -0.15) is 0 Å². The van der Waals surface area contributed by atoms with E-state index in [0.717, 1.165) is 5.56 Å². The van der Waals surface area contributed by atoms with Crippen LogP contribution in [0.15, 0.2) is 30.3 Å². The number of carbonyl (C=O) groups is 2. The molecule has 0 aromatic heterocycles. The summed E-state index contributed by atoms with van der Waals surface area (Å²) in [6.45, 7) is 7.33. The van der Waals surface area contributed by atoms with E-state index in [0.29, 0.717) is 0 Å². The number of Topliss-reactive ketones (excluding diaryl/α,β-unsaturated/α-hetero) is 1. The summed E-state index contributed by atoms with van der Waals surface area (Å²) in [6, 6.07) is 8.84. The van der Waals surface area contributed by atoms with Crippen molar-refractivity contribution in [2.45, 2.75) is 40.3 Å². The Labute approximate surface area is 114 Å². The predicted octanol–water partition coefficient (Wildman–Crippen LogP) is 2.92. The van der Waals surface area contributed by atoms with E-state index in [1.54, 1.807) is 6.92 Å². The summed E-state index contributed by atoms with van der Waals surface area (Å²) in [7, 11) is 0. The van der Waals surface area contributed by atoms with Gasteiger partial charge in [-0.1, -0.05) is 51.1 Å². The molecule has 1 atom stereocenters. The number of benzene rings is 1. The highest BCUT2D eigenvalue weighted by Crippen LogP contribution is 2.16. The lowest BCUT2D eigenvalue weighted by molar-refractivity contribution is -0.127. The molecule has 1 aromatic carbocycles. The summed E-state index contributed by atoms with van der Waals surface area (Å²) in [4.78, 5) is 23.5. The predicted molar refractivity (Wildman–Crippen MR) is 73.7 cm³/mol. The van der Waals surface area contributed by atoms with E-state index in [1.807, 2.05) is 51.1 Å². The summed E-state index contributed by atoms with van der Waals surface area (Å²) in [5.74, 6) is -0.0239. The second-order valence-corrected chi connectivity index (χ2v) is 5.54. The van der Waals surface area contributed by atoms with Crippen molar-refractivity contribution in [1.29, 1.82) is 0 Å². The van der Waals surface area contributed by atoms with E-state index < -0.39 is 17.6 Å². The summed E-state index contributed by atoms with van der Waals surface area (Å²) < 4.78 is 5.06. The number of ether oxygens (including phenoxy) is 1. The molecular weight excluding hydrogens is 242 g/mol. The van der Waals surface area contributed by atoms with Crippen LogP contribution >= 0.6 is 0 Å². The number of ketones is 1. The maximum Gasteiger partial charge on any atom is 0.408 e. The molecule has 0 saturated heterocycles. The highest BCUT2D eigenvalue weighted by molar-refractivity contribution is 5.90. The summed E-state index contributed by atoms with van der Waals surface area (Å²) >= 11 is 0. The van der Waals surface area contributed by atoms with Gasteiger partial charge in [0.15, 0.2) is 5.78 Å². The van der Waals surface area contributed by atoms with E-state index in [4.69, 9.17) is 4.74 Å². The molecule has 104 valence electrons. The molecule has 19 heavy (non-hydrogen) atoms. The Morgan fingerprint density at radius 3 is 2.32 bits per heavy atom. The Morgan fingerprint density at radius 1 is 1.21 bits per heavy atom. The third-order valence-electron chi connectivity index (χ3n) is 2.68. The Bertz CT molecular complexity index is 434. The first-order chi connectivity index (χ1) is 8.80. The van der Waals surface area contributed by atoms with Crippen LogP contribution in [-0.2, 0) is 16.1 Å². The molecule has 0 aliphatic heterocycles. The van der Waals surface area contributed by atoms with Crippen molar-refractivity contribution in [3.63, 3.8) is 0 Å². The van der Waals surface area contributed by atoms with Crippen LogP contribution in [0.2, 0.25) is 0 Å². The van der Waals surface area contributed by atoms with Crippen LogP contribution in [0.1, 0.15) is 33.3 Å². The normalized spacial score (nSPS) is 12.6. The minimum absolute atomic E-state index is 0.0239. The van der Waals surface area contributed by atoms with Gasteiger partial charge in [0.1, 0.15) is 6.61 Å². The largest absolute Gasteiger partial charge is 0.445 e. The zero-order valence-electron chi connectivity index (χ0n) is 11.9. The van der Waals surface area contributed by atoms with Gasteiger partial charge in [-0.15, -0.1) is 0 Å². The van der Waals surface area contributed by atoms with Gasteiger partial charge in [-0.05, 0) is 12.5 Å². The third kappa shape index (κ3) is 5.12. The molecule has 1 amide bonds. The van der Waals surface area contributed by atoms with Gasteiger partial charge in [0.2, 0.25) is 0 Å². The zero-order valence-corrected chi connectivity index (χ0v) is 11.9. The van der Waals surface area contributed by atoms with Crippen molar-refractivity contribution in [3.8, 4) is 0 Å². The molecule has 1 aromatic rings. The second-order valence-electron chi connectivity index (χ2n) is 5.54. The lowest BCUT2D eigenvalue weighted by Gasteiger charge is -2.22. The van der Waals surface area contributed by atoms with Gasteiger partial charge in [0.25, 0.3) is 0 Å². The molecule has 0 heterocycles. The third-order valence-corrected chi connectivity index (χ3v) is 2.68. The van der Waals surface area contributed by atoms with Crippen LogP contribution in [0, 0.1) is 5.41 Å². The maximum atomic E-state index is 11.9. The molecule has 0 saturated carbocycles. The zero-order chi connectivity index (χ0) is 14.5. The van der Waals surface area contributed by atoms with Gasteiger partial charge in [0, 0.05) is 5.41 Å². The second kappa shape index (κ2) is 6.36. The quantitative estimate of drug-likeness (QED) is 0.908. The van der Waals surface area contributed by atoms with E-state index in [2.05, 4.69) is 5.32 Å². The molecule has 1 unspecified atom stereocenters. The topological polar surface area (TPSA) is 55.4 Å². The minimum atomic E-state index is -0.575. The molecule has 0 bridgehead atoms. The van der Waals surface area contributed by atoms with Gasteiger partial charge in [0.05, 0.1) is 6.04 Å². The molecule has 0 aliphatic rings. The first-order valence-corrected chi connectivity index (χ1v) is 6.32. The summed E-state index contributed by atoms with van der Waals surface area (Å²) in [5.41, 5.74) is 0.430. The van der Waals surface area contributed by atoms with Crippen molar-refractivity contribution >= 4 is 11.9 Å². The fraction of sp³-hybridized carbons (Fsp3) is 0.467. The fourth-order valence-corrected chi connectivity index (χ4v) is 1.66. The van der Waals surface area contributed by atoms with Gasteiger partial charge >= 0.3 is 6.09 Å². The van der Waals surface area contributed by atoms with E-state index in [1.165, 1.54) is 0 Å². The molecule has 1 rings (SSSR count). The number of nitrogens with one attached hydrogen (secondary N) is 1. The number of carbonyl (C=O) groups excluding carboxylic acids is 2. The highest BCUT2D eigenvalue weighted by atomic mass is 16.5. The van der Waals surface area contributed by atoms with Gasteiger partial charge in [-0.25, -0.2) is 4.79 Å². The van der Waals surface area contributed by atoms with E-state index in [-0.39, 0.29) is 12.4 Å². The van der Waals surface area contributed by atoms with Gasteiger partial charge in [-0.3, -0.25) is 4.79 Å². The monoisotopic (exact) mass is 263 g/mol. The van der Waals surface area contributed by atoms with Crippen LogP contribution in [0.4, 0.5) is 4.79 Å². The van der Waals surface area contributed by atoms with Crippen LogP contribution in [0.3, 0.4) is 0 Å². The Kier molecular flexibility index (Phi) is 5.10. The number of rotatable bonds is 4. The Hall–Kier alpha value is -1.84. The Morgan fingerprint density at radius 2 is 1.79 bits per heavy atom. The van der Waals surface area contributed by atoms with E-state index >= 15 is 0 Å². The minimum Gasteiger partial charge on any atom is -0.445 e. The van der Waals surface area contributed by atoms with Crippen LogP contribution in [0.25, 0.3) is 0 Å². The van der Waals surface area contributed by atoms with Crippen LogP contribution in [-0.4, -0.2) is 17.9 Å². The summed E-state index contributed by atoms with van der Waals surface area (Å²) in [6.07, 6.45) is -0.575. The standard InChI is InChI=1S/C15H21NO3/c1-11(13(17)15(2,3)4)16-14(18)19-10-12-8-6-5-7-9-12/h5-9,11H,10H2,1-4H3,(H,16,18). The number of amides is 1. The molecular formula is C15H21NO3. The average molecular weight is 263 g/mol. The number of hydrogen-bond donors (Lipinski definition) is 1. The van der Waals surface area contributed by atoms with Crippen LogP contribution in [0.5, 0.6) is 0 Å². The molecule has 0 fully saturated rings. The summed E-state index contributed by atoms with van der Waals surface area (Å²) in [5, 5.41) is 2.55. The smallest absolute Gasteiger partial charge is 0.408 e. The van der Waals surface area contributed by atoms with Crippen molar-refractivity contribution in [1.82, 2.24) is 5.32 Å². The number of alkyl carbamates (subject to hydrolysis) is 1. The molecule has 4 nitrogen and oxygen atoms in total. The molecule has 0 spiro atoms. The molecule has 0 radical (unpaired) electrons. The average Bonchev–Trinajstić information content (AvgIpc) is 2.35. The maximum absolute atomic E-state index is 11.9. The fourth-order valence-electron chi connectivity index (χ4n) is 1.66. The molecule has 0 aliphatic carbocycles. The van der Waals surface area contributed by atoms with Crippen LogP contribution < -0.4 is 5.32 Å². The van der Waals surface area contributed by atoms with Crippen molar-refractivity contribution in [2.24, 2.45) is 5.41 Å². The van der Waals surface area contributed by atoms with Gasteiger partial charge < -0.3 is 10.1 Å². The Balaban J connectivity index is 2.42. The van der Waals surface area contributed by atoms with E-state index in [9.17, 15) is 9.59 Å². The van der Waals surface area contributed by atoms with Crippen molar-refractivity contribution in [2.75, 3.05) is 0 Å². The first kappa shape index (κ1) is 15.2. The van der Waals surface area contributed by atoms with Crippen molar-refractivity contribution in [3.05, 3.63) is 35.9 Å². The SMILES string of the molecule is CC(NC(=O)OCc1ccccc1)C(=O)C(C)(C)C. The molecule has 1 N–H and O–H groups in total. The molecule has 4 heteroatoms. The lowest BCUT2D eigenvalue weighted by Crippen LogP contribution is -2.43. The van der Waals surface area contributed by atoms with Crippen molar-refractivity contribution < 1.29 is 14.3 Å². The number of hydrogen-bond acceptors (Lipinski definition) is 3. The highest BCUT2D eigenvalue weighted by Gasteiger charge is 2.27. The lowest BCUT2D eigenvalue weighted by atomic mass is 9.87.